The maximum atomic E-state index is 11.2. The van der Waals surface area contributed by atoms with Gasteiger partial charge in [-0.2, -0.15) is 0 Å². The Kier molecular flexibility index (Phi) is 4.19. The minimum atomic E-state index is -0.259. The van der Waals surface area contributed by atoms with Gasteiger partial charge in [-0.1, -0.05) is 6.92 Å². The molecule has 1 aromatic rings. The van der Waals surface area contributed by atoms with Gasteiger partial charge in [0.25, 0.3) is 0 Å². The van der Waals surface area contributed by atoms with Crippen LogP contribution in [0.1, 0.15) is 19.1 Å². The van der Waals surface area contributed by atoms with Crippen molar-refractivity contribution in [2.75, 3.05) is 7.11 Å². The van der Waals surface area contributed by atoms with E-state index >= 15 is 0 Å². The summed E-state index contributed by atoms with van der Waals surface area (Å²) in [6.07, 6.45) is 2.31. The predicted octanol–water partition coefficient (Wildman–Crippen LogP) is 1.32. The van der Waals surface area contributed by atoms with Crippen LogP contribution in [0, 0.1) is 0 Å². The molecule has 0 unspecified atom stereocenters. The zero-order chi connectivity index (χ0) is 10.4. The van der Waals surface area contributed by atoms with E-state index in [1.165, 1.54) is 7.11 Å². The molecule has 0 fully saturated rings. The van der Waals surface area contributed by atoms with Gasteiger partial charge in [-0.15, -0.1) is 0 Å². The highest BCUT2D eigenvalue weighted by molar-refractivity contribution is 5.75. The van der Waals surface area contributed by atoms with Crippen molar-refractivity contribution in [3.05, 3.63) is 24.2 Å². The molecule has 4 nitrogen and oxygen atoms in total. The first-order valence-corrected chi connectivity index (χ1v) is 4.61. The van der Waals surface area contributed by atoms with Gasteiger partial charge in [0.1, 0.15) is 11.8 Å². The summed E-state index contributed by atoms with van der Waals surface area (Å²) in [5.41, 5.74) is 0. The number of ether oxygens (including phenoxy) is 1. The van der Waals surface area contributed by atoms with Crippen molar-refractivity contribution in [1.82, 2.24) is 5.32 Å². The monoisotopic (exact) mass is 197 g/mol. The van der Waals surface area contributed by atoms with Gasteiger partial charge in [-0.25, -0.2) is 0 Å². The van der Waals surface area contributed by atoms with Gasteiger partial charge >= 0.3 is 5.97 Å². The number of methoxy groups -OCH3 is 1. The zero-order valence-electron chi connectivity index (χ0n) is 8.45. The second-order valence-electron chi connectivity index (χ2n) is 2.94. The van der Waals surface area contributed by atoms with E-state index in [2.05, 4.69) is 10.1 Å². The van der Waals surface area contributed by atoms with E-state index in [9.17, 15) is 4.79 Å². The fraction of sp³-hybridized carbons (Fsp3) is 0.500. The smallest absolute Gasteiger partial charge is 0.322 e. The van der Waals surface area contributed by atoms with Crippen molar-refractivity contribution in [3.63, 3.8) is 0 Å². The molecule has 1 aromatic heterocycles. The number of nitrogens with one attached hydrogen (secondary N) is 1. The van der Waals surface area contributed by atoms with Gasteiger partial charge in [0.05, 0.1) is 19.9 Å². The molecule has 1 atom stereocenters. The Morgan fingerprint density at radius 1 is 1.71 bits per heavy atom. The van der Waals surface area contributed by atoms with Crippen LogP contribution in [-0.4, -0.2) is 19.1 Å². The van der Waals surface area contributed by atoms with E-state index < -0.39 is 0 Å². The Morgan fingerprint density at radius 2 is 2.50 bits per heavy atom. The summed E-state index contributed by atoms with van der Waals surface area (Å²) in [6.45, 7) is 2.47. The summed E-state index contributed by atoms with van der Waals surface area (Å²) >= 11 is 0. The molecule has 0 aliphatic carbocycles. The van der Waals surface area contributed by atoms with Crippen molar-refractivity contribution in [1.29, 1.82) is 0 Å². The molecule has 0 radical (unpaired) electrons. The van der Waals surface area contributed by atoms with E-state index in [1.807, 2.05) is 19.1 Å². The molecule has 0 saturated carbocycles. The molecular weight excluding hydrogens is 182 g/mol. The summed E-state index contributed by atoms with van der Waals surface area (Å²) in [5, 5.41) is 3.05. The van der Waals surface area contributed by atoms with Gasteiger partial charge < -0.3 is 9.15 Å². The van der Waals surface area contributed by atoms with Gasteiger partial charge in [0.15, 0.2) is 0 Å². The van der Waals surface area contributed by atoms with Crippen LogP contribution in [0.2, 0.25) is 0 Å². The normalized spacial score (nSPS) is 12.4. The first kappa shape index (κ1) is 10.8. The lowest BCUT2D eigenvalue weighted by atomic mass is 10.2. The number of esters is 1. The van der Waals surface area contributed by atoms with Crippen LogP contribution in [0.4, 0.5) is 0 Å². The molecule has 4 heteroatoms. The van der Waals surface area contributed by atoms with Crippen molar-refractivity contribution < 1.29 is 13.9 Å². The molecule has 0 spiro atoms. The van der Waals surface area contributed by atoms with Crippen LogP contribution < -0.4 is 5.32 Å². The van der Waals surface area contributed by atoms with Crippen LogP contribution in [0.5, 0.6) is 0 Å². The first-order valence-electron chi connectivity index (χ1n) is 4.61. The fourth-order valence-corrected chi connectivity index (χ4v) is 1.17. The third-order valence-electron chi connectivity index (χ3n) is 2.00. The first-order chi connectivity index (χ1) is 6.77. The average molecular weight is 197 g/mol. The van der Waals surface area contributed by atoms with Crippen molar-refractivity contribution in [2.24, 2.45) is 0 Å². The Morgan fingerprint density at radius 3 is 3.00 bits per heavy atom. The van der Waals surface area contributed by atoms with E-state index in [1.54, 1.807) is 6.26 Å². The molecule has 0 saturated heterocycles. The van der Waals surface area contributed by atoms with Crippen LogP contribution in [0.15, 0.2) is 22.8 Å². The fourth-order valence-electron chi connectivity index (χ4n) is 1.17. The van der Waals surface area contributed by atoms with E-state index in [0.717, 1.165) is 5.76 Å². The minimum Gasteiger partial charge on any atom is -0.468 e. The molecule has 0 aliphatic rings. The van der Waals surface area contributed by atoms with Crippen molar-refractivity contribution >= 4 is 5.97 Å². The third kappa shape index (κ3) is 2.88. The Hall–Kier alpha value is -1.29. The number of hydrogen-bond donors (Lipinski definition) is 1. The van der Waals surface area contributed by atoms with Crippen LogP contribution in [0.25, 0.3) is 0 Å². The SMILES string of the molecule is CC[C@@H](NCc1ccco1)C(=O)OC. The standard InChI is InChI=1S/C10H15NO3/c1-3-9(10(12)13-2)11-7-8-5-4-6-14-8/h4-6,9,11H,3,7H2,1-2H3/t9-/m1/s1. The molecule has 0 bridgehead atoms. The molecule has 1 rings (SSSR count). The van der Waals surface area contributed by atoms with Crippen molar-refractivity contribution in [2.45, 2.75) is 25.9 Å². The maximum Gasteiger partial charge on any atom is 0.322 e. The van der Waals surface area contributed by atoms with Crippen LogP contribution in [-0.2, 0) is 16.1 Å². The van der Waals surface area contributed by atoms with Gasteiger partial charge in [0, 0.05) is 0 Å². The molecule has 1 heterocycles. The van der Waals surface area contributed by atoms with Crippen LogP contribution >= 0.6 is 0 Å². The molecule has 0 aromatic carbocycles. The zero-order valence-corrected chi connectivity index (χ0v) is 8.45. The molecule has 1 N–H and O–H groups in total. The topological polar surface area (TPSA) is 51.5 Å². The summed E-state index contributed by atoms with van der Waals surface area (Å²) in [6, 6.07) is 3.41. The Labute approximate surface area is 83.2 Å². The summed E-state index contributed by atoms with van der Waals surface area (Å²) in [4.78, 5) is 11.2. The molecular formula is C10H15NO3. The summed E-state index contributed by atoms with van der Waals surface area (Å²) in [7, 11) is 1.39. The lowest BCUT2D eigenvalue weighted by Crippen LogP contribution is -2.36. The van der Waals surface area contributed by atoms with Gasteiger partial charge in [-0.3, -0.25) is 10.1 Å². The van der Waals surface area contributed by atoms with Crippen molar-refractivity contribution in [3.8, 4) is 0 Å². The average Bonchev–Trinajstić information content (AvgIpc) is 2.71. The Bertz CT molecular complexity index is 269. The highest BCUT2D eigenvalue weighted by Crippen LogP contribution is 2.01. The highest BCUT2D eigenvalue weighted by atomic mass is 16.5. The van der Waals surface area contributed by atoms with E-state index in [0.29, 0.717) is 13.0 Å². The minimum absolute atomic E-state index is 0.237. The Balaban J connectivity index is 2.38. The number of carbonyl (C=O) groups is 1. The lowest BCUT2D eigenvalue weighted by molar-refractivity contribution is -0.143. The number of hydrogen-bond acceptors (Lipinski definition) is 4. The summed E-state index contributed by atoms with van der Waals surface area (Å²) in [5.74, 6) is 0.575. The lowest BCUT2D eigenvalue weighted by Gasteiger charge is -2.12. The maximum absolute atomic E-state index is 11.2. The van der Waals surface area contributed by atoms with E-state index in [-0.39, 0.29) is 12.0 Å². The predicted molar refractivity (Wildman–Crippen MR) is 51.6 cm³/mol. The second kappa shape index (κ2) is 5.44. The number of rotatable bonds is 5. The largest absolute Gasteiger partial charge is 0.468 e. The van der Waals surface area contributed by atoms with Crippen LogP contribution in [0.3, 0.4) is 0 Å². The molecule has 14 heavy (non-hydrogen) atoms. The van der Waals surface area contributed by atoms with Gasteiger partial charge in [0.2, 0.25) is 0 Å². The highest BCUT2D eigenvalue weighted by Gasteiger charge is 2.15. The summed E-state index contributed by atoms with van der Waals surface area (Å²) < 4.78 is 9.77. The number of carbonyl (C=O) groups excluding carboxylic acids is 1. The van der Waals surface area contributed by atoms with Gasteiger partial charge in [-0.05, 0) is 18.6 Å². The molecule has 78 valence electrons. The molecule has 0 aliphatic heterocycles. The van der Waals surface area contributed by atoms with E-state index in [4.69, 9.17) is 4.42 Å². The second-order valence-corrected chi connectivity index (χ2v) is 2.94. The number of furan rings is 1. The quantitative estimate of drug-likeness (QED) is 0.723. The third-order valence-corrected chi connectivity index (χ3v) is 2.00. The molecule has 0 amide bonds.